The van der Waals surface area contributed by atoms with E-state index in [1.165, 1.54) is 12.6 Å². The minimum Gasteiger partial charge on any atom is -0.351 e. The number of carbonyl (C=O) groups is 1. The topological polar surface area (TPSA) is 66.9 Å². The zero-order valence-electron chi connectivity index (χ0n) is 10.1. The summed E-state index contributed by atoms with van der Waals surface area (Å²) in [4.78, 5) is 19.8. The van der Waals surface area contributed by atoms with E-state index in [1.807, 2.05) is 6.92 Å². The zero-order valence-corrected chi connectivity index (χ0v) is 10.1. The second kappa shape index (κ2) is 5.72. The minimum atomic E-state index is -0.136. The van der Waals surface area contributed by atoms with Gasteiger partial charge in [0.2, 0.25) is 0 Å². The summed E-state index contributed by atoms with van der Waals surface area (Å²) in [5.41, 5.74) is 1.21. The Hall–Kier alpha value is -1.49. The number of aryl methyl sites for hydroxylation is 1. The van der Waals surface area contributed by atoms with Crippen LogP contribution in [0.5, 0.6) is 0 Å². The van der Waals surface area contributed by atoms with Crippen LogP contribution >= 0.6 is 0 Å². The summed E-state index contributed by atoms with van der Waals surface area (Å²) in [6, 6.07) is 0. The summed E-state index contributed by atoms with van der Waals surface area (Å²) in [5, 5.41) is 6.19. The Bertz CT molecular complexity index is 371. The number of amides is 1. The highest BCUT2D eigenvalue weighted by Crippen LogP contribution is 2.10. The van der Waals surface area contributed by atoms with Gasteiger partial charge < -0.3 is 10.6 Å². The molecule has 1 atom stereocenters. The number of carbonyl (C=O) groups excluding carboxylic acids is 1. The van der Waals surface area contributed by atoms with Gasteiger partial charge >= 0.3 is 0 Å². The van der Waals surface area contributed by atoms with E-state index in [2.05, 4.69) is 20.6 Å². The maximum Gasteiger partial charge on any atom is 0.271 e. The molecule has 1 aliphatic rings. The highest BCUT2D eigenvalue weighted by molar-refractivity contribution is 5.91. The lowest BCUT2D eigenvalue weighted by Crippen LogP contribution is -2.27. The Kier molecular flexibility index (Phi) is 4.03. The van der Waals surface area contributed by atoms with Gasteiger partial charge in [0.1, 0.15) is 5.69 Å². The molecule has 5 nitrogen and oxygen atoms in total. The zero-order chi connectivity index (χ0) is 12.1. The van der Waals surface area contributed by atoms with Crippen molar-refractivity contribution in [1.82, 2.24) is 20.6 Å². The van der Waals surface area contributed by atoms with E-state index in [9.17, 15) is 4.79 Å². The van der Waals surface area contributed by atoms with Gasteiger partial charge in [-0.15, -0.1) is 0 Å². The van der Waals surface area contributed by atoms with Gasteiger partial charge in [-0.2, -0.15) is 0 Å². The van der Waals surface area contributed by atoms with E-state index in [4.69, 9.17) is 0 Å². The van der Waals surface area contributed by atoms with Crippen LogP contribution in [0.2, 0.25) is 0 Å². The van der Waals surface area contributed by atoms with Crippen molar-refractivity contribution < 1.29 is 4.79 Å². The second-order valence-electron chi connectivity index (χ2n) is 4.45. The van der Waals surface area contributed by atoms with Crippen molar-refractivity contribution >= 4 is 5.91 Å². The van der Waals surface area contributed by atoms with Crippen LogP contribution in [0.15, 0.2) is 12.4 Å². The molecule has 2 N–H and O–H groups in total. The Labute approximate surface area is 101 Å². The summed E-state index contributed by atoms with van der Waals surface area (Å²) in [5.74, 6) is 0.558. The van der Waals surface area contributed by atoms with Crippen molar-refractivity contribution in [2.45, 2.75) is 19.8 Å². The monoisotopic (exact) mass is 234 g/mol. The first-order chi connectivity index (χ1) is 8.25. The molecule has 1 unspecified atom stereocenters. The first kappa shape index (κ1) is 12.0. The third-order valence-corrected chi connectivity index (χ3v) is 3.01. The molecule has 1 saturated heterocycles. The number of aromatic nitrogens is 2. The molecule has 0 aromatic carbocycles. The van der Waals surface area contributed by atoms with Gasteiger partial charge in [0, 0.05) is 12.7 Å². The third kappa shape index (κ3) is 3.49. The van der Waals surface area contributed by atoms with Crippen LogP contribution in [-0.2, 0) is 0 Å². The fourth-order valence-electron chi connectivity index (χ4n) is 1.95. The van der Waals surface area contributed by atoms with Crippen LogP contribution in [0.4, 0.5) is 0 Å². The molecule has 1 amide bonds. The van der Waals surface area contributed by atoms with Crippen LogP contribution in [0, 0.1) is 12.8 Å². The molecule has 17 heavy (non-hydrogen) atoms. The fourth-order valence-corrected chi connectivity index (χ4v) is 1.95. The molecule has 0 aliphatic carbocycles. The van der Waals surface area contributed by atoms with E-state index >= 15 is 0 Å². The number of nitrogens with one attached hydrogen (secondary N) is 2. The average molecular weight is 234 g/mol. The molecule has 0 spiro atoms. The lowest BCUT2D eigenvalue weighted by atomic mass is 10.1. The summed E-state index contributed by atoms with van der Waals surface area (Å²) >= 11 is 0. The fraction of sp³-hybridized carbons (Fsp3) is 0.583. The lowest BCUT2D eigenvalue weighted by molar-refractivity contribution is 0.0946. The van der Waals surface area contributed by atoms with Crippen molar-refractivity contribution in [3.8, 4) is 0 Å². The van der Waals surface area contributed by atoms with Crippen LogP contribution in [0.1, 0.15) is 29.0 Å². The molecule has 2 rings (SSSR count). The Balaban J connectivity index is 1.75. The van der Waals surface area contributed by atoms with Crippen molar-refractivity contribution in [1.29, 1.82) is 0 Å². The lowest BCUT2D eigenvalue weighted by Gasteiger charge is -2.08. The molecule has 2 heterocycles. The van der Waals surface area contributed by atoms with Crippen molar-refractivity contribution in [3.05, 3.63) is 23.8 Å². The first-order valence-corrected chi connectivity index (χ1v) is 6.03. The Morgan fingerprint density at radius 1 is 1.53 bits per heavy atom. The van der Waals surface area contributed by atoms with Crippen LogP contribution < -0.4 is 10.6 Å². The van der Waals surface area contributed by atoms with Gasteiger partial charge in [-0.1, -0.05) is 0 Å². The second-order valence-corrected chi connectivity index (χ2v) is 4.45. The molecular formula is C12H18N4O. The molecule has 0 saturated carbocycles. The summed E-state index contributed by atoms with van der Waals surface area (Å²) in [6.07, 6.45) is 5.36. The van der Waals surface area contributed by atoms with Crippen molar-refractivity contribution in [3.63, 3.8) is 0 Å². The van der Waals surface area contributed by atoms with E-state index < -0.39 is 0 Å². The summed E-state index contributed by atoms with van der Waals surface area (Å²) < 4.78 is 0. The number of hydrogen-bond acceptors (Lipinski definition) is 4. The van der Waals surface area contributed by atoms with Gasteiger partial charge in [-0.25, -0.2) is 4.98 Å². The number of nitrogens with zero attached hydrogens (tertiary/aromatic N) is 2. The molecule has 0 bridgehead atoms. The molecule has 92 valence electrons. The normalized spacial score (nSPS) is 19.2. The summed E-state index contributed by atoms with van der Waals surface area (Å²) in [6.45, 7) is 4.73. The van der Waals surface area contributed by atoms with Crippen LogP contribution in [-0.4, -0.2) is 35.5 Å². The SMILES string of the molecule is Cc1cnc(C(=O)NCCC2CCNC2)cn1. The predicted molar refractivity (Wildman–Crippen MR) is 64.7 cm³/mol. The molecule has 5 heteroatoms. The maximum atomic E-state index is 11.7. The van der Waals surface area contributed by atoms with Gasteiger partial charge in [-0.05, 0) is 38.8 Å². The standard InChI is InChI=1S/C12H18N4O/c1-9-6-16-11(8-15-9)12(17)14-5-3-10-2-4-13-7-10/h6,8,10,13H,2-5,7H2,1H3,(H,14,17). The van der Waals surface area contributed by atoms with Crippen molar-refractivity contribution in [2.75, 3.05) is 19.6 Å². The first-order valence-electron chi connectivity index (χ1n) is 6.03. The molecular weight excluding hydrogens is 216 g/mol. The molecule has 1 aliphatic heterocycles. The molecule has 1 aromatic rings. The maximum absolute atomic E-state index is 11.7. The van der Waals surface area contributed by atoms with Gasteiger partial charge in [0.05, 0.1) is 11.9 Å². The quantitative estimate of drug-likeness (QED) is 0.797. The highest BCUT2D eigenvalue weighted by atomic mass is 16.1. The number of hydrogen-bond donors (Lipinski definition) is 2. The Morgan fingerprint density at radius 3 is 3.06 bits per heavy atom. The predicted octanol–water partition coefficient (Wildman–Crippen LogP) is 0.514. The van der Waals surface area contributed by atoms with Gasteiger partial charge in [-0.3, -0.25) is 9.78 Å². The van der Waals surface area contributed by atoms with Gasteiger partial charge in [0.25, 0.3) is 5.91 Å². The summed E-state index contributed by atoms with van der Waals surface area (Å²) in [7, 11) is 0. The Morgan fingerprint density at radius 2 is 2.41 bits per heavy atom. The largest absolute Gasteiger partial charge is 0.351 e. The van der Waals surface area contributed by atoms with E-state index in [-0.39, 0.29) is 5.91 Å². The molecule has 0 radical (unpaired) electrons. The van der Waals surface area contributed by atoms with Gasteiger partial charge in [0.15, 0.2) is 0 Å². The molecule has 1 aromatic heterocycles. The molecule has 1 fully saturated rings. The smallest absolute Gasteiger partial charge is 0.271 e. The number of rotatable bonds is 4. The van der Waals surface area contributed by atoms with E-state index in [1.54, 1.807) is 6.20 Å². The van der Waals surface area contributed by atoms with E-state index in [0.717, 1.165) is 25.2 Å². The minimum absolute atomic E-state index is 0.136. The third-order valence-electron chi connectivity index (χ3n) is 3.01. The van der Waals surface area contributed by atoms with Crippen LogP contribution in [0.25, 0.3) is 0 Å². The van der Waals surface area contributed by atoms with Crippen molar-refractivity contribution in [2.24, 2.45) is 5.92 Å². The average Bonchev–Trinajstić information content (AvgIpc) is 2.83. The highest BCUT2D eigenvalue weighted by Gasteiger charge is 2.14. The van der Waals surface area contributed by atoms with Crippen LogP contribution in [0.3, 0.4) is 0 Å². The van der Waals surface area contributed by atoms with E-state index in [0.29, 0.717) is 18.2 Å².